The molecule has 12 nitrogen and oxygen atoms in total. The van der Waals surface area contributed by atoms with Gasteiger partial charge in [0.1, 0.15) is 18.5 Å². The van der Waals surface area contributed by atoms with Gasteiger partial charge in [0.05, 0.1) is 51.2 Å². The van der Waals surface area contributed by atoms with Crippen LogP contribution in [-0.2, 0) is 19.5 Å². The molecule has 0 saturated carbocycles. The number of nitrogens with one attached hydrogen (secondary N) is 2. The van der Waals surface area contributed by atoms with Gasteiger partial charge in [-0.2, -0.15) is 0 Å². The number of nitrogen functional groups attached to an aromatic ring is 1. The van der Waals surface area contributed by atoms with Crippen molar-refractivity contribution < 1.29 is 32.1 Å². The van der Waals surface area contributed by atoms with Gasteiger partial charge in [0.25, 0.3) is 0 Å². The van der Waals surface area contributed by atoms with Gasteiger partial charge in [-0.3, -0.25) is 0 Å². The molecular weight excluding hydrogens is 538 g/mol. The molecule has 0 aliphatic carbocycles. The maximum Gasteiger partial charge on any atom is 0.227 e. The molecule has 0 spiro atoms. The van der Waals surface area contributed by atoms with Gasteiger partial charge in [-0.15, -0.1) is 0 Å². The lowest BCUT2D eigenvalue weighted by Gasteiger charge is -2.24. The second-order valence-electron chi connectivity index (χ2n) is 9.07. The van der Waals surface area contributed by atoms with Crippen molar-refractivity contribution in [3.05, 3.63) is 48.7 Å². The standard InChI is InChI=1S/C27H35N5O7S/c1-35-26-18-20(4-6-25(26)38-16-15-37-14-11-30-40(2,33)34)31-27-29-10-7-23(32-27)19-3-5-24(22(28)17-19)39-21-8-12-36-13-9-21/h3-7,10,17-18,21,30H,8-9,11-16,28H2,1-2H3,(H,29,31,32). The number of nitrogens with zero attached hydrogens (tertiary/aromatic N) is 2. The third kappa shape index (κ3) is 8.95. The number of sulfonamides is 1. The van der Waals surface area contributed by atoms with E-state index >= 15 is 0 Å². The van der Waals surface area contributed by atoms with Gasteiger partial charge < -0.3 is 34.7 Å². The Hall–Kier alpha value is -3.65. The van der Waals surface area contributed by atoms with Gasteiger partial charge in [-0.1, -0.05) is 0 Å². The highest BCUT2D eigenvalue weighted by molar-refractivity contribution is 7.88. The highest BCUT2D eigenvalue weighted by Gasteiger charge is 2.17. The monoisotopic (exact) mass is 573 g/mol. The first kappa shape index (κ1) is 29.3. The van der Waals surface area contributed by atoms with Crippen molar-refractivity contribution in [2.75, 3.05) is 64.0 Å². The largest absolute Gasteiger partial charge is 0.493 e. The minimum atomic E-state index is -3.23. The van der Waals surface area contributed by atoms with Crippen molar-refractivity contribution in [3.8, 4) is 28.5 Å². The molecule has 4 rings (SSSR count). The Morgan fingerprint density at radius 1 is 1.02 bits per heavy atom. The summed E-state index contributed by atoms with van der Waals surface area (Å²) in [6, 6.07) is 12.8. The van der Waals surface area contributed by atoms with Gasteiger partial charge in [0.15, 0.2) is 11.5 Å². The van der Waals surface area contributed by atoms with Crippen molar-refractivity contribution in [3.63, 3.8) is 0 Å². The average molecular weight is 574 g/mol. The van der Waals surface area contributed by atoms with Crippen LogP contribution in [-0.4, -0.2) is 77.4 Å². The minimum absolute atomic E-state index is 0.107. The molecule has 4 N–H and O–H groups in total. The number of nitrogens with two attached hydrogens (primary N) is 1. The van der Waals surface area contributed by atoms with Gasteiger partial charge in [-0.05, 0) is 36.4 Å². The lowest BCUT2D eigenvalue weighted by Crippen LogP contribution is -2.26. The van der Waals surface area contributed by atoms with Gasteiger partial charge in [0, 0.05) is 42.9 Å². The fraction of sp³-hybridized carbons (Fsp3) is 0.407. The fourth-order valence-corrected chi connectivity index (χ4v) is 4.43. The lowest BCUT2D eigenvalue weighted by molar-refractivity contribution is 0.0259. The lowest BCUT2D eigenvalue weighted by atomic mass is 10.1. The number of anilines is 3. The molecule has 13 heteroatoms. The van der Waals surface area contributed by atoms with Crippen LogP contribution >= 0.6 is 0 Å². The molecule has 1 saturated heterocycles. The van der Waals surface area contributed by atoms with Gasteiger partial charge in [-0.25, -0.2) is 23.1 Å². The van der Waals surface area contributed by atoms with Crippen molar-refractivity contribution in [2.45, 2.75) is 18.9 Å². The molecule has 1 aliphatic heterocycles. The van der Waals surface area contributed by atoms with Crippen molar-refractivity contribution in [2.24, 2.45) is 0 Å². The van der Waals surface area contributed by atoms with E-state index < -0.39 is 10.0 Å². The maximum absolute atomic E-state index is 11.1. The van der Waals surface area contributed by atoms with Crippen LogP contribution in [0.3, 0.4) is 0 Å². The fourth-order valence-electron chi connectivity index (χ4n) is 3.97. The Balaban J connectivity index is 1.33. The minimum Gasteiger partial charge on any atom is -0.493 e. The van der Waals surface area contributed by atoms with Crippen LogP contribution in [0.1, 0.15) is 12.8 Å². The summed E-state index contributed by atoms with van der Waals surface area (Å²) in [6.07, 6.45) is 4.58. The number of benzene rings is 2. The summed E-state index contributed by atoms with van der Waals surface area (Å²) in [4.78, 5) is 8.97. The molecule has 1 fully saturated rings. The Bertz CT molecular complexity index is 1370. The molecule has 216 valence electrons. The highest BCUT2D eigenvalue weighted by atomic mass is 32.2. The van der Waals surface area contributed by atoms with Crippen molar-refractivity contribution in [1.82, 2.24) is 14.7 Å². The SMILES string of the molecule is COc1cc(Nc2nccc(-c3ccc(OC4CCOCC4)c(N)c3)n2)ccc1OCCOCCNS(C)(=O)=O. The number of hydrogen-bond acceptors (Lipinski definition) is 11. The summed E-state index contributed by atoms with van der Waals surface area (Å²) in [5.41, 5.74) is 9.11. The Morgan fingerprint density at radius 2 is 1.82 bits per heavy atom. The van der Waals surface area contributed by atoms with E-state index in [0.29, 0.717) is 60.1 Å². The van der Waals surface area contributed by atoms with Gasteiger partial charge in [0.2, 0.25) is 16.0 Å². The summed E-state index contributed by atoms with van der Waals surface area (Å²) in [6.45, 7) is 2.42. The molecule has 0 bridgehead atoms. The van der Waals surface area contributed by atoms with Crippen LogP contribution < -0.4 is 30.0 Å². The maximum atomic E-state index is 11.1. The van der Waals surface area contributed by atoms with Crippen LogP contribution in [0.2, 0.25) is 0 Å². The first-order chi connectivity index (χ1) is 19.3. The van der Waals surface area contributed by atoms with Crippen LogP contribution in [0.25, 0.3) is 11.3 Å². The van der Waals surface area contributed by atoms with E-state index in [1.54, 1.807) is 25.4 Å². The van der Waals surface area contributed by atoms with E-state index in [9.17, 15) is 8.42 Å². The summed E-state index contributed by atoms with van der Waals surface area (Å²) in [5, 5.41) is 3.19. The third-order valence-corrected chi connectivity index (χ3v) is 6.67. The highest BCUT2D eigenvalue weighted by Crippen LogP contribution is 2.32. The van der Waals surface area contributed by atoms with Crippen molar-refractivity contribution in [1.29, 1.82) is 0 Å². The molecular formula is C27H35N5O7S. The normalized spacial score (nSPS) is 14.1. The summed E-state index contributed by atoms with van der Waals surface area (Å²) in [7, 11) is -1.67. The van der Waals surface area contributed by atoms with Crippen LogP contribution in [0.4, 0.5) is 17.3 Å². The number of methoxy groups -OCH3 is 1. The van der Waals surface area contributed by atoms with Crippen LogP contribution in [0, 0.1) is 0 Å². The number of rotatable bonds is 14. The molecule has 0 amide bonds. The van der Waals surface area contributed by atoms with Crippen LogP contribution in [0.15, 0.2) is 48.7 Å². The molecule has 0 radical (unpaired) electrons. The van der Waals surface area contributed by atoms with Crippen LogP contribution in [0.5, 0.6) is 17.2 Å². The molecule has 40 heavy (non-hydrogen) atoms. The Labute approximate surface area is 234 Å². The van der Waals surface area contributed by atoms with E-state index in [1.165, 1.54) is 0 Å². The zero-order valence-corrected chi connectivity index (χ0v) is 23.4. The number of ether oxygens (including phenoxy) is 5. The zero-order valence-electron chi connectivity index (χ0n) is 22.6. The van der Waals surface area contributed by atoms with E-state index in [4.69, 9.17) is 29.4 Å². The molecule has 2 heterocycles. The Kier molecular flexibility index (Phi) is 10.4. The molecule has 1 aliphatic rings. The van der Waals surface area contributed by atoms with Crippen molar-refractivity contribution >= 4 is 27.3 Å². The van der Waals surface area contributed by atoms with E-state index in [0.717, 1.165) is 24.7 Å². The first-order valence-electron chi connectivity index (χ1n) is 12.9. The quantitative estimate of drug-likeness (QED) is 0.192. The first-order valence-corrected chi connectivity index (χ1v) is 14.8. The third-order valence-electron chi connectivity index (χ3n) is 5.94. The Morgan fingerprint density at radius 3 is 2.58 bits per heavy atom. The topological polar surface area (TPSA) is 156 Å². The predicted octanol–water partition coefficient (Wildman–Crippen LogP) is 2.98. The molecule has 2 aromatic carbocycles. The van der Waals surface area contributed by atoms with E-state index in [2.05, 4.69) is 20.0 Å². The van der Waals surface area contributed by atoms with Gasteiger partial charge >= 0.3 is 0 Å². The second kappa shape index (κ2) is 14.1. The number of hydrogen-bond donors (Lipinski definition) is 3. The summed E-state index contributed by atoms with van der Waals surface area (Å²) in [5.74, 6) is 2.13. The smallest absolute Gasteiger partial charge is 0.227 e. The molecule has 0 unspecified atom stereocenters. The molecule has 0 atom stereocenters. The zero-order chi connectivity index (χ0) is 28.4. The van der Waals surface area contributed by atoms with E-state index in [1.807, 2.05) is 30.3 Å². The predicted molar refractivity (Wildman–Crippen MR) is 152 cm³/mol. The summed E-state index contributed by atoms with van der Waals surface area (Å²) >= 11 is 0. The summed E-state index contributed by atoms with van der Waals surface area (Å²) < 4.78 is 52.5. The molecule has 1 aromatic heterocycles. The number of aromatic nitrogens is 2. The van der Waals surface area contributed by atoms with E-state index in [-0.39, 0.29) is 25.9 Å². The molecule has 3 aromatic rings. The average Bonchev–Trinajstić information content (AvgIpc) is 2.94. The second-order valence-corrected chi connectivity index (χ2v) is 10.9.